The van der Waals surface area contributed by atoms with Crippen molar-refractivity contribution in [2.45, 2.75) is 13.1 Å². The maximum absolute atomic E-state index is 12.0. The van der Waals surface area contributed by atoms with E-state index in [-0.39, 0.29) is 36.1 Å². The number of ether oxygens (including phenoxy) is 1. The SMILES string of the molecule is COC(=O)c1c(Cl)ccc2cnn(Cc3noc(CN)n3)c12.Cl. The highest BCUT2D eigenvalue weighted by atomic mass is 35.5. The van der Waals surface area contributed by atoms with E-state index >= 15 is 0 Å². The Morgan fingerprint density at radius 3 is 2.91 bits per heavy atom. The molecule has 0 atom stereocenters. The second-order valence-electron chi connectivity index (χ2n) is 4.46. The molecule has 3 rings (SSSR count). The van der Waals surface area contributed by atoms with Crippen molar-refractivity contribution in [1.82, 2.24) is 19.9 Å². The summed E-state index contributed by atoms with van der Waals surface area (Å²) < 4.78 is 11.3. The van der Waals surface area contributed by atoms with E-state index in [0.29, 0.717) is 17.2 Å². The smallest absolute Gasteiger partial charge is 0.341 e. The van der Waals surface area contributed by atoms with Gasteiger partial charge in [0.2, 0.25) is 5.89 Å². The van der Waals surface area contributed by atoms with E-state index in [4.69, 9.17) is 26.6 Å². The van der Waals surface area contributed by atoms with E-state index in [0.717, 1.165) is 5.39 Å². The quantitative estimate of drug-likeness (QED) is 0.708. The zero-order valence-electron chi connectivity index (χ0n) is 12.0. The van der Waals surface area contributed by atoms with Crippen molar-refractivity contribution >= 4 is 40.9 Å². The maximum Gasteiger partial charge on any atom is 0.341 e. The first-order valence-electron chi connectivity index (χ1n) is 6.38. The number of hydrogen-bond acceptors (Lipinski definition) is 7. The van der Waals surface area contributed by atoms with Gasteiger partial charge in [-0.05, 0) is 12.1 Å². The third-order valence-corrected chi connectivity index (χ3v) is 3.43. The average molecular weight is 358 g/mol. The van der Waals surface area contributed by atoms with Gasteiger partial charge in [0, 0.05) is 5.39 Å². The summed E-state index contributed by atoms with van der Waals surface area (Å²) in [7, 11) is 1.30. The number of fused-ring (bicyclic) bond motifs is 1. The number of methoxy groups -OCH3 is 1. The third-order valence-electron chi connectivity index (χ3n) is 3.12. The molecule has 0 amide bonds. The van der Waals surface area contributed by atoms with Crippen molar-refractivity contribution in [2.24, 2.45) is 5.73 Å². The van der Waals surface area contributed by atoms with Crippen LogP contribution in [0.15, 0.2) is 22.9 Å². The first-order valence-corrected chi connectivity index (χ1v) is 6.75. The molecular weight excluding hydrogens is 345 g/mol. The van der Waals surface area contributed by atoms with Gasteiger partial charge in [0.05, 0.1) is 30.4 Å². The fourth-order valence-corrected chi connectivity index (χ4v) is 2.37. The van der Waals surface area contributed by atoms with Crippen LogP contribution in [0.25, 0.3) is 10.9 Å². The second-order valence-corrected chi connectivity index (χ2v) is 4.87. The van der Waals surface area contributed by atoms with Crippen molar-refractivity contribution < 1.29 is 14.1 Å². The van der Waals surface area contributed by atoms with Crippen molar-refractivity contribution in [1.29, 1.82) is 0 Å². The highest BCUT2D eigenvalue weighted by Gasteiger charge is 2.20. The van der Waals surface area contributed by atoms with Gasteiger partial charge >= 0.3 is 5.97 Å². The van der Waals surface area contributed by atoms with Gasteiger partial charge < -0.3 is 15.0 Å². The second kappa shape index (κ2) is 6.95. The normalized spacial score (nSPS) is 10.6. The Hall–Kier alpha value is -2.16. The van der Waals surface area contributed by atoms with Crippen molar-refractivity contribution in [2.75, 3.05) is 7.11 Å². The van der Waals surface area contributed by atoms with Gasteiger partial charge in [0.1, 0.15) is 12.1 Å². The molecule has 0 fully saturated rings. The minimum atomic E-state index is -0.534. The summed E-state index contributed by atoms with van der Waals surface area (Å²) in [5.74, 6) is 0.201. The summed E-state index contributed by atoms with van der Waals surface area (Å²) in [6.45, 7) is 0.378. The molecule has 1 aromatic carbocycles. The van der Waals surface area contributed by atoms with Crippen LogP contribution >= 0.6 is 24.0 Å². The molecule has 0 spiro atoms. The van der Waals surface area contributed by atoms with Gasteiger partial charge in [-0.1, -0.05) is 16.8 Å². The Bertz CT molecular complexity index is 845. The molecule has 23 heavy (non-hydrogen) atoms. The molecular formula is C13H13Cl2N5O3. The summed E-state index contributed by atoms with van der Waals surface area (Å²) in [6, 6.07) is 3.40. The monoisotopic (exact) mass is 357 g/mol. The molecule has 2 N–H and O–H groups in total. The topological polar surface area (TPSA) is 109 Å². The molecule has 0 saturated carbocycles. The van der Waals surface area contributed by atoms with E-state index in [9.17, 15) is 4.79 Å². The van der Waals surface area contributed by atoms with Crippen molar-refractivity contribution in [3.63, 3.8) is 0 Å². The number of esters is 1. The lowest BCUT2D eigenvalue weighted by molar-refractivity contribution is 0.0602. The minimum Gasteiger partial charge on any atom is -0.465 e. The van der Waals surface area contributed by atoms with Gasteiger partial charge in [0.15, 0.2) is 5.82 Å². The van der Waals surface area contributed by atoms with E-state index in [1.54, 1.807) is 23.0 Å². The highest BCUT2D eigenvalue weighted by Crippen LogP contribution is 2.27. The van der Waals surface area contributed by atoms with Crippen LogP contribution in [0.5, 0.6) is 0 Å². The number of halogens is 2. The number of nitrogens with zero attached hydrogens (tertiary/aromatic N) is 4. The molecule has 0 bridgehead atoms. The molecule has 2 aromatic heterocycles. The molecule has 2 heterocycles. The van der Waals surface area contributed by atoms with E-state index in [2.05, 4.69) is 15.2 Å². The summed E-state index contributed by atoms with van der Waals surface area (Å²) >= 11 is 6.13. The molecule has 0 unspecified atom stereocenters. The number of hydrogen-bond donors (Lipinski definition) is 1. The van der Waals surface area contributed by atoms with E-state index < -0.39 is 5.97 Å². The molecule has 0 saturated heterocycles. The maximum atomic E-state index is 12.0. The fourth-order valence-electron chi connectivity index (χ4n) is 2.14. The lowest BCUT2D eigenvalue weighted by atomic mass is 10.1. The van der Waals surface area contributed by atoms with Crippen molar-refractivity contribution in [3.05, 3.63) is 40.6 Å². The predicted molar refractivity (Wildman–Crippen MR) is 84.6 cm³/mol. The Morgan fingerprint density at radius 1 is 1.48 bits per heavy atom. The lowest BCUT2D eigenvalue weighted by Gasteiger charge is -2.07. The van der Waals surface area contributed by atoms with Crippen LogP contribution in [-0.4, -0.2) is 33.0 Å². The number of rotatable bonds is 4. The van der Waals surface area contributed by atoms with Crippen LogP contribution in [-0.2, 0) is 17.8 Å². The Labute approximate surface area is 141 Å². The molecule has 3 aromatic rings. The summed E-state index contributed by atoms with van der Waals surface area (Å²) in [5, 5.41) is 9.10. The Morgan fingerprint density at radius 2 is 2.26 bits per heavy atom. The Balaban J connectivity index is 0.00000192. The Kier molecular flexibility index (Phi) is 5.19. The van der Waals surface area contributed by atoms with Gasteiger partial charge in [-0.15, -0.1) is 12.4 Å². The van der Waals surface area contributed by atoms with Crippen LogP contribution in [0.4, 0.5) is 0 Å². The third kappa shape index (κ3) is 3.14. The number of carbonyl (C=O) groups excluding carboxylic acids is 1. The van der Waals surface area contributed by atoms with Crippen LogP contribution in [0.3, 0.4) is 0 Å². The van der Waals surface area contributed by atoms with Crippen LogP contribution in [0.2, 0.25) is 5.02 Å². The number of carbonyl (C=O) groups is 1. The predicted octanol–water partition coefficient (Wildman–Crippen LogP) is 1.79. The van der Waals surface area contributed by atoms with Gasteiger partial charge in [0.25, 0.3) is 0 Å². The summed E-state index contributed by atoms with van der Waals surface area (Å²) in [5.41, 5.74) is 6.24. The molecule has 0 radical (unpaired) electrons. The first-order chi connectivity index (χ1) is 10.6. The highest BCUT2D eigenvalue weighted by molar-refractivity contribution is 6.35. The van der Waals surface area contributed by atoms with Crippen LogP contribution < -0.4 is 5.73 Å². The lowest BCUT2D eigenvalue weighted by Crippen LogP contribution is -2.09. The van der Waals surface area contributed by atoms with Gasteiger partial charge in [-0.25, -0.2) is 4.79 Å². The largest absolute Gasteiger partial charge is 0.465 e. The molecule has 122 valence electrons. The van der Waals surface area contributed by atoms with E-state index in [1.807, 2.05) is 0 Å². The molecule has 0 aliphatic heterocycles. The van der Waals surface area contributed by atoms with E-state index in [1.165, 1.54) is 7.11 Å². The minimum absolute atomic E-state index is 0. The molecule has 0 aliphatic rings. The fraction of sp³-hybridized carbons (Fsp3) is 0.231. The van der Waals surface area contributed by atoms with Crippen molar-refractivity contribution in [3.8, 4) is 0 Å². The molecule has 8 nitrogen and oxygen atoms in total. The molecule has 10 heteroatoms. The summed E-state index contributed by atoms with van der Waals surface area (Å²) in [4.78, 5) is 16.1. The van der Waals surface area contributed by atoms with Crippen LogP contribution in [0.1, 0.15) is 22.1 Å². The summed E-state index contributed by atoms with van der Waals surface area (Å²) in [6.07, 6.45) is 1.63. The zero-order valence-corrected chi connectivity index (χ0v) is 13.6. The average Bonchev–Trinajstić information content (AvgIpc) is 3.14. The van der Waals surface area contributed by atoms with Gasteiger partial charge in [-0.3, -0.25) is 4.68 Å². The first kappa shape index (κ1) is 17.2. The number of benzene rings is 1. The number of aromatic nitrogens is 4. The molecule has 0 aliphatic carbocycles. The van der Waals surface area contributed by atoms with Gasteiger partial charge in [-0.2, -0.15) is 10.1 Å². The number of nitrogens with two attached hydrogens (primary N) is 1. The standard InChI is InChI=1S/C13H12ClN5O3.ClH/c1-21-13(20)11-8(14)3-2-7-5-16-19(12(7)11)6-9-17-10(4-15)22-18-9;/h2-3,5H,4,6,15H2,1H3;1H. The zero-order chi connectivity index (χ0) is 15.7. The van der Waals surface area contributed by atoms with Crippen LogP contribution in [0, 0.1) is 0 Å².